The normalized spacial score (nSPS) is 15.8. The second kappa shape index (κ2) is 9.82. The Kier molecular flexibility index (Phi) is 6.71. The van der Waals surface area contributed by atoms with Crippen LogP contribution in [0.3, 0.4) is 0 Å². The Bertz CT molecular complexity index is 1040. The molecular formula is C22H24FN5O2S. The van der Waals surface area contributed by atoms with E-state index in [1.807, 2.05) is 30.0 Å². The molecule has 9 heteroatoms. The number of ether oxygens (including phenoxy) is 1. The summed E-state index contributed by atoms with van der Waals surface area (Å²) >= 11 is 1.50. The first-order chi connectivity index (χ1) is 15.1. The standard InChI is InChI=1S/C22H24FN5O2S/c1-2-20-26-27-22(31-20)25-19-10-4-8-17(24-19)18-9-5-12-28(18)21(29)11-13-30-16-7-3-6-15(23)14-16/h3-4,6-8,10,14,18H,2,5,9,11-13H2,1H3,(H,24,25,27). The minimum Gasteiger partial charge on any atom is -0.493 e. The van der Waals surface area contributed by atoms with Gasteiger partial charge in [-0.3, -0.25) is 4.79 Å². The summed E-state index contributed by atoms with van der Waals surface area (Å²) in [5.41, 5.74) is 0.849. The third kappa shape index (κ3) is 5.35. The zero-order valence-corrected chi connectivity index (χ0v) is 18.1. The van der Waals surface area contributed by atoms with Crippen LogP contribution >= 0.6 is 11.3 Å². The van der Waals surface area contributed by atoms with Gasteiger partial charge >= 0.3 is 0 Å². The number of carbonyl (C=O) groups excluding carboxylic acids is 1. The number of aromatic nitrogens is 3. The molecule has 1 aliphatic heterocycles. The fraction of sp³-hybridized carbons (Fsp3) is 0.364. The van der Waals surface area contributed by atoms with E-state index in [9.17, 15) is 9.18 Å². The number of hydrogen-bond donors (Lipinski definition) is 1. The molecule has 0 radical (unpaired) electrons. The van der Waals surface area contributed by atoms with Crippen molar-refractivity contribution < 1.29 is 13.9 Å². The summed E-state index contributed by atoms with van der Waals surface area (Å²) in [7, 11) is 0. The molecule has 4 rings (SSSR count). The van der Waals surface area contributed by atoms with Crippen molar-refractivity contribution in [1.29, 1.82) is 0 Å². The fourth-order valence-electron chi connectivity index (χ4n) is 3.59. The van der Waals surface area contributed by atoms with Gasteiger partial charge in [-0.05, 0) is 43.5 Å². The molecule has 1 amide bonds. The van der Waals surface area contributed by atoms with E-state index in [1.54, 1.807) is 12.1 Å². The lowest BCUT2D eigenvalue weighted by molar-refractivity contribution is -0.132. The van der Waals surface area contributed by atoms with Crippen molar-refractivity contribution in [1.82, 2.24) is 20.1 Å². The third-order valence-corrected chi connectivity index (χ3v) is 6.05. The number of aryl methyl sites for hydroxylation is 1. The summed E-state index contributed by atoms with van der Waals surface area (Å²) in [6, 6.07) is 11.6. The van der Waals surface area contributed by atoms with E-state index in [-0.39, 0.29) is 30.8 Å². The van der Waals surface area contributed by atoms with Crippen LogP contribution in [0.25, 0.3) is 0 Å². The molecule has 0 bridgehead atoms. The summed E-state index contributed by atoms with van der Waals surface area (Å²) in [6.07, 6.45) is 2.87. The maximum Gasteiger partial charge on any atom is 0.226 e. The molecule has 7 nitrogen and oxygen atoms in total. The molecule has 1 atom stereocenters. The molecule has 1 N–H and O–H groups in total. The summed E-state index contributed by atoms with van der Waals surface area (Å²) in [5.74, 6) is 0.761. The maximum atomic E-state index is 13.3. The first-order valence-corrected chi connectivity index (χ1v) is 11.2. The van der Waals surface area contributed by atoms with Crippen LogP contribution in [0.1, 0.15) is 42.9 Å². The van der Waals surface area contributed by atoms with Crippen LogP contribution in [0.2, 0.25) is 0 Å². The van der Waals surface area contributed by atoms with Crippen LogP contribution in [0, 0.1) is 5.82 Å². The molecule has 2 aromatic heterocycles. The van der Waals surface area contributed by atoms with Gasteiger partial charge in [0.2, 0.25) is 11.0 Å². The monoisotopic (exact) mass is 441 g/mol. The van der Waals surface area contributed by atoms with Crippen LogP contribution in [-0.2, 0) is 11.2 Å². The van der Waals surface area contributed by atoms with Crippen molar-refractivity contribution >= 4 is 28.2 Å². The average Bonchev–Trinajstić information content (AvgIpc) is 3.43. The fourth-order valence-corrected chi connectivity index (χ4v) is 4.28. The highest BCUT2D eigenvalue weighted by molar-refractivity contribution is 7.15. The second-order valence-electron chi connectivity index (χ2n) is 7.23. The highest BCUT2D eigenvalue weighted by Gasteiger charge is 2.30. The summed E-state index contributed by atoms with van der Waals surface area (Å²) in [6.45, 7) is 2.94. The van der Waals surface area contributed by atoms with Crippen molar-refractivity contribution in [3.8, 4) is 5.75 Å². The molecule has 0 aliphatic carbocycles. The molecule has 1 unspecified atom stereocenters. The molecule has 1 aromatic carbocycles. The molecule has 162 valence electrons. The highest BCUT2D eigenvalue weighted by atomic mass is 32.1. The van der Waals surface area contributed by atoms with Crippen LogP contribution in [0.5, 0.6) is 5.75 Å². The first-order valence-electron chi connectivity index (χ1n) is 10.4. The lowest BCUT2D eigenvalue weighted by atomic mass is 10.1. The van der Waals surface area contributed by atoms with Crippen molar-refractivity contribution in [2.24, 2.45) is 0 Å². The molecule has 31 heavy (non-hydrogen) atoms. The van der Waals surface area contributed by atoms with Crippen LogP contribution in [0.4, 0.5) is 15.3 Å². The lowest BCUT2D eigenvalue weighted by Crippen LogP contribution is -2.32. The predicted molar refractivity (Wildman–Crippen MR) is 117 cm³/mol. The van der Waals surface area contributed by atoms with E-state index in [0.717, 1.165) is 30.0 Å². The topological polar surface area (TPSA) is 80.2 Å². The van der Waals surface area contributed by atoms with E-state index in [0.29, 0.717) is 23.2 Å². The number of hydrogen-bond acceptors (Lipinski definition) is 7. The number of benzene rings is 1. The van der Waals surface area contributed by atoms with Gasteiger partial charge in [0.25, 0.3) is 0 Å². The lowest BCUT2D eigenvalue weighted by Gasteiger charge is -2.24. The van der Waals surface area contributed by atoms with Gasteiger partial charge in [-0.2, -0.15) is 0 Å². The van der Waals surface area contributed by atoms with E-state index in [4.69, 9.17) is 9.72 Å². The molecular weight excluding hydrogens is 417 g/mol. The molecule has 3 heterocycles. The van der Waals surface area contributed by atoms with Crippen molar-refractivity contribution in [3.05, 3.63) is 59.0 Å². The summed E-state index contributed by atoms with van der Waals surface area (Å²) in [4.78, 5) is 19.4. The van der Waals surface area contributed by atoms with Crippen LogP contribution < -0.4 is 10.1 Å². The minimum absolute atomic E-state index is 0.00998. The van der Waals surface area contributed by atoms with Crippen LogP contribution in [-0.4, -0.2) is 39.1 Å². The Balaban J connectivity index is 1.37. The second-order valence-corrected chi connectivity index (χ2v) is 8.29. The average molecular weight is 442 g/mol. The number of amides is 1. The largest absolute Gasteiger partial charge is 0.493 e. The van der Waals surface area contributed by atoms with Crippen molar-refractivity contribution in [3.63, 3.8) is 0 Å². The Morgan fingerprint density at radius 3 is 2.97 bits per heavy atom. The highest BCUT2D eigenvalue weighted by Crippen LogP contribution is 2.32. The van der Waals surface area contributed by atoms with Gasteiger partial charge in [0.05, 0.1) is 24.8 Å². The molecule has 0 saturated carbocycles. The molecule has 1 fully saturated rings. The Hall–Kier alpha value is -3.07. The quantitative estimate of drug-likeness (QED) is 0.554. The van der Waals surface area contributed by atoms with E-state index in [2.05, 4.69) is 15.5 Å². The van der Waals surface area contributed by atoms with Gasteiger partial charge in [0.1, 0.15) is 22.4 Å². The van der Waals surface area contributed by atoms with E-state index >= 15 is 0 Å². The summed E-state index contributed by atoms with van der Waals surface area (Å²) < 4.78 is 18.8. The Morgan fingerprint density at radius 2 is 2.16 bits per heavy atom. The predicted octanol–water partition coefficient (Wildman–Crippen LogP) is 4.51. The van der Waals surface area contributed by atoms with Gasteiger partial charge in [0.15, 0.2) is 0 Å². The first kappa shape index (κ1) is 21.2. The molecule has 1 aliphatic rings. The van der Waals surface area contributed by atoms with Gasteiger partial charge < -0.3 is 15.0 Å². The number of pyridine rings is 1. The zero-order valence-electron chi connectivity index (χ0n) is 17.3. The van der Waals surface area contributed by atoms with Crippen molar-refractivity contribution in [2.45, 2.75) is 38.6 Å². The molecule has 0 spiro atoms. The smallest absolute Gasteiger partial charge is 0.226 e. The molecule has 1 saturated heterocycles. The molecule has 3 aromatic rings. The number of nitrogens with one attached hydrogen (secondary N) is 1. The van der Waals surface area contributed by atoms with Gasteiger partial charge in [-0.25, -0.2) is 9.37 Å². The number of anilines is 2. The van der Waals surface area contributed by atoms with Crippen molar-refractivity contribution in [2.75, 3.05) is 18.5 Å². The Labute approximate surface area is 184 Å². The maximum absolute atomic E-state index is 13.3. The van der Waals surface area contributed by atoms with Gasteiger partial charge in [0, 0.05) is 12.6 Å². The number of likely N-dealkylation sites (tertiary alicyclic amines) is 1. The summed E-state index contributed by atoms with van der Waals surface area (Å²) in [5, 5.41) is 13.1. The number of rotatable bonds is 8. The number of halogens is 1. The minimum atomic E-state index is -0.359. The van der Waals surface area contributed by atoms with Gasteiger partial charge in [-0.1, -0.05) is 30.4 Å². The SMILES string of the molecule is CCc1nnc(Nc2cccc(C3CCCN3C(=O)CCOc3cccc(F)c3)n2)s1. The third-order valence-electron chi connectivity index (χ3n) is 5.07. The van der Waals surface area contributed by atoms with E-state index < -0.39 is 0 Å². The zero-order chi connectivity index (χ0) is 21.6. The van der Waals surface area contributed by atoms with Gasteiger partial charge in [-0.15, -0.1) is 10.2 Å². The van der Waals surface area contributed by atoms with E-state index in [1.165, 1.54) is 23.5 Å². The number of carbonyl (C=O) groups is 1. The van der Waals surface area contributed by atoms with Crippen LogP contribution in [0.15, 0.2) is 42.5 Å². The number of nitrogens with zero attached hydrogens (tertiary/aromatic N) is 4. The Morgan fingerprint density at radius 1 is 1.29 bits per heavy atom.